The fourth-order valence-corrected chi connectivity index (χ4v) is 3.93. The third-order valence-electron chi connectivity index (χ3n) is 5.84. The molecule has 5 nitrogen and oxygen atoms in total. The Morgan fingerprint density at radius 3 is 1.91 bits per heavy atom. The summed E-state index contributed by atoms with van der Waals surface area (Å²) in [6.07, 6.45) is 0.682. The lowest BCUT2D eigenvalue weighted by atomic mass is 9.98. The summed E-state index contributed by atoms with van der Waals surface area (Å²) in [7, 11) is 0. The van der Waals surface area contributed by atoms with E-state index in [0.717, 1.165) is 17.5 Å². The van der Waals surface area contributed by atoms with Gasteiger partial charge in [-0.05, 0) is 49.9 Å². The molecule has 1 aliphatic heterocycles. The summed E-state index contributed by atoms with van der Waals surface area (Å²) in [6, 6.07) is 28.0. The monoisotopic (exact) mass is 468 g/mol. The largest absolute Gasteiger partial charge is 0.498 e. The van der Waals surface area contributed by atoms with Crippen LogP contribution in [0.4, 0.5) is 0 Å². The van der Waals surface area contributed by atoms with Gasteiger partial charge in [0.15, 0.2) is 5.76 Å². The molecule has 0 fully saturated rings. The van der Waals surface area contributed by atoms with Crippen LogP contribution in [-0.4, -0.2) is 18.4 Å². The summed E-state index contributed by atoms with van der Waals surface area (Å²) in [4.78, 5) is 26.9. The molecule has 0 saturated heterocycles. The van der Waals surface area contributed by atoms with Crippen molar-refractivity contribution in [3.8, 4) is 5.75 Å². The zero-order valence-electron chi connectivity index (χ0n) is 19.9. The fraction of sp³-hybridized carbons (Fsp3) is 0.200. The van der Waals surface area contributed by atoms with Gasteiger partial charge in [0, 0.05) is 5.57 Å². The van der Waals surface area contributed by atoms with Gasteiger partial charge in [-0.15, -0.1) is 0 Å². The lowest BCUT2D eigenvalue weighted by Crippen LogP contribution is -2.22. The number of benzene rings is 3. The minimum Gasteiger partial charge on any atom is -0.498 e. The Kier molecular flexibility index (Phi) is 7.78. The smallest absolute Gasteiger partial charge is 0.343 e. The zero-order chi connectivity index (χ0) is 24.6. The second-order valence-corrected chi connectivity index (χ2v) is 8.29. The minimum atomic E-state index is -0.644. The van der Waals surface area contributed by atoms with Gasteiger partial charge in [-0.1, -0.05) is 78.9 Å². The highest BCUT2D eigenvalue weighted by atomic mass is 16.5. The van der Waals surface area contributed by atoms with Crippen LogP contribution in [0.1, 0.15) is 43.9 Å². The minimum absolute atomic E-state index is 0.0384. The molecule has 0 unspecified atom stereocenters. The molecule has 1 aliphatic rings. The molecule has 178 valence electrons. The van der Waals surface area contributed by atoms with Gasteiger partial charge in [0.05, 0.1) is 12.2 Å². The molecule has 0 atom stereocenters. The molecule has 1 heterocycles. The molecule has 4 rings (SSSR count). The number of hydrogen-bond acceptors (Lipinski definition) is 5. The Labute approximate surface area is 205 Å². The van der Waals surface area contributed by atoms with Crippen LogP contribution in [0.15, 0.2) is 114 Å². The number of hydrogen-bond donors (Lipinski definition) is 0. The summed E-state index contributed by atoms with van der Waals surface area (Å²) in [5.74, 6) is -0.0928. The molecule has 0 spiro atoms. The number of ketones is 1. The molecule has 3 aromatic carbocycles. The van der Waals surface area contributed by atoms with Crippen molar-refractivity contribution in [3.63, 3.8) is 0 Å². The number of esters is 1. The summed E-state index contributed by atoms with van der Waals surface area (Å²) < 4.78 is 17.6. The van der Waals surface area contributed by atoms with Crippen molar-refractivity contribution in [1.29, 1.82) is 0 Å². The Hall–Kier alpha value is -4.12. The average Bonchev–Trinajstić information content (AvgIpc) is 2.90. The van der Waals surface area contributed by atoms with Crippen LogP contribution in [-0.2, 0) is 19.1 Å². The van der Waals surface area contributed by atoms with Gasteiger partial charge in [-0.2, -0.15) is 0 Å². The first kappa shape index (κ1) is 24.0. The van der Waals surface area contributed by atoms with E-state index in [0.29, 0.717) is 30.1 Å². The number of Topliss-reactive ketones (excluding diaryl/α,β-unsaturated/α-hetero) is 1. The summed E-state index contributed by atoms with van der Waals surface area (Å²) in [5, 5.41) is 0. The molecular formula is C30H28O5. The summed E-state index contributed by atoms with van der Waals surface area (Å²) in [5.41, 5.74) is 2.33. The molecular weight excluding hydrogens is 440 g/mol. The van der Waals surface area contributed by atoms with Crippen LogP contribution >= 0.6 is 0 Å². The third-order valence-corrected chi connectivity index (χ3v) is 5.84. The number of carbonyl (C=O) groups excluding carboxylic acids is 2. The molecule has 0 N–H and O–H groups in total. The molecule has 3 aromatic rings. The molecule has 0 bridgehead atoms. The van der Waals surface area contributed by atoms with E-state index in [9.17, 15) is 9.59 Å². The highest BCUT2D eigenvalue weighted by Crippen LogP contribution is 2.32. The van der Waals surface area contributed by atoms with Crippen LogP contribution in [0, 0.1) is 0 Å². The predicted octanol–water partition coefficient (Wildman–Crippen LogP) is 6.33. The normalized spacial score (nSPS) is 14.1. The molecule has 0 aliphatic carbocycles. The van der Waals surface area contributed by atoms with Crippen molar-refractivity contribution in [2.45, 2.75) is 32.8 Å². The first-order valence-electron chi connectivity index (χ1n) is 11.7. The van der Waals surface area contributed by atoms with Crippen molar-refractivity contribution < 1.29 is 23.8 Å². The van der Waals surface area contributed by atoms with Gasteiger partial charge in [0.25, 0.3) is 0 Å². The van der Waals surface area contributed by atoms with Crippen LogP contribution in [0.2, 0.25) is 0 Å². The Balaban J connectivity index is 1.77. The van der Waals surface area contributed by atoms with Crippen molar-refractivity contribution >= 4 is 11.8 Å². The Morgan fingerprint density at radius 2 is 1.37 bits per heavy atom. The maximum absolute atomic E-state index is 13.8. The van der Waals surface area contributed by atoms with Gasteiger partial charge in [0.1, 0.15) is 17.6 Å². The number of rotatable bonds is 8. The van der Waals surface area contributed by atoms with Crippen LogP contribution in [0.3, 0.4) is 0 Å². The molecule has 35 heavy (non-hydrogen) atoms. The maximum atomic E-state index is 13.8. The van der Waals surface area contributed by atoms with E-state index in [1.54, 1.807) is 38.1 Å². The second kappa shape index (κ2) is 11.3. The lowest BCUT2D eigenvalue weighted by Gasteiger charge is -2.25. The van der Waals surface area contributed by atoms with Gasteiger partial charge in [-0.3, -0.25) is 4.79 Å². The van der Waals surface area contributed by atoms with Crippen LogP contribution in [0.25, 0.3) is 0 Å². The van der Waals surface area contributed by atoms with E-state index in [1.165, 1.54) is 0 Å². The van der Waals surface area contributed by atoms with Gasteiger partial charge < -0.3 is 14.2 Å². The number of carbonyl (C=O) groups is 2. The van der Waals surface area contributed by atoms with E-state index in [-0.39, 0.29) is 17.1 Å². The standard InChI is InChI=1S/C30H28O5/c1-21(30(32)34-25-17-10-5-11-18-25)28(27(31)26-19-12-20-33-22(26)2)35-29(23-13-6-3-7-14-23)24-15-8-4-9-16-24/h3-11,13-18,29H,12,19-20H2,1-2H3/b28-21-. The van der Waals surface area contributed by atoms with E-state index >= 15 is 0 Å². The van der Waals surface area contributed by atoms with Gasteiger partial charge in [0.2, 0.25) is 5.78 Å². The highest BCUT2D eigenvalue weighted by Gasteiger charge is 2.30. The van der Waals surface area contributed by atoms with E-state index in [2.05, 4.69) is 0 Å². The van der Waals surface area contributed by atoms with Crippen molar-refractivity contribution in [3.05, 3.63) is 125 Å². The number of allylic oxidation sites excluding steroid dienone is 2. The topological polar surface area (TPSA) is 61.8 Å². The molecule has 0 saturated carbocycles. The fourth-order valence-electron chi connectivity index (χ4n) is 3.93. The van der Waals surface area contributed by atoms with Gasteiger partial charge >= 0.3 is 5.97 Å². The van der Waals surface area contributed by atoms with Gasteiger partial charge in [-0.25, -0.2) is 4.79 Å². The average molecular weight is 469 g/mol. The van der Waals surface area contributed by atoms with Crippen molar-refractivity contribution in [1.82, 2.24) is 0 Å². The van der Waals surface area contributed by atoms with Crippen LogP contribution in [0.5, 0.6) is 5.75 Å². The third kappa shape index (κ3) is 5.87. The van der Waals surface area contributed by atoms with Crippen molar-refractivity contribution in [2.24, 2.45) is 0 Å². The predicted molar refractivity (Wildman–Crippen MR) is 133 cm³/mol. The highest BCUT2D eigenvalue weighted by molar-refractivity contribution is 6.11. The quantitative estimate of drug-likeness (QED) is 0.167. The van der Waals surface area contributed by atoms with E-state index in [1.807, 2.05) is 66.7 Å². The summed E-state index contributed by atoms with van der Waals surface area (Å²) in [6.45, 7) is 3.90. The van der Waals surface area contributed by atoms with Crippen molar-refractivity contribution in [2.75, 3.05) is 6.61 Å². The molecule has 5 heteroatoms. The zero-order valence-corrected chi connectivity index (χ0v) is 19.9. The Morgan fingerprint density at radius 1 is 0.829 bits per heavy atom. The number of ether oxygens (including phenoxy) is 3. The van der Waals surface area contributed by atoms with Crippen LogP contribution < -0.4 is 4.74 Å². The first-order valence-corrected chi connectivity index (χ1v) is 11.7. The molecule has 0 radical (unpaired) electrons. The Bertz CT molecular complexity index is 1190. The summed E-state index contributed by atoms with van der Waals surface area (Å²) >= 11 is 0. The van der Waals surface area contributed by atoms with E-state index in [4.69, 9.17) is 14.2 Å². The lowest BCUT2D eigenvalue weighted by molar-refractivity contribution is -0.131. The second-order valence-electron chi connectivity index (χ2n) is 8.29. The first-order chi connectivity index (χ1) is 17.0. The maximum Gasteiger partial charge on any atom is 0.343 e. The molecule has 0 amide bonds. The number of para-hydroxylation sites is 1. The SMILES string of the molecule is CC1=C(C(=O)/C(OC(c2ccccc2)c2ccccc2)=C(\C)C(=O)Oc2ccccc2)CCCO1. The van der Waals surface area contributed by atoms with E-state index < -0.39 is 12.1 Å². The molecule has 0 aromatic heterocycles.